The van der Waals surface area contributed by atoms with E-state index >= 15 is 0 Å². The van der Waals surface area contributed by atoms with E-state index in [9.17, 15) is 9.18 Å². The standard InChI is InChI=1S/C11H12ClFN2O.ClH/c12-7-3-4-9(8(13)6-7)15-11(16)10-2-1-5-14-10;/h3-4,6,10,14H,1-2,5H2,(H,15,16);1H/t10-;/m0./s1. The minimum Gasteiger partial charge on any atom is -0.322 e. The van der Waals surface area contributed by atoms with Crippen molar-refractivity contribution in [3.05, 3.63) is 29.0 Å². The number of amides is 1. The monoisotopic (exact) mass is 278 g/mol. The molecule has 1 atom stereocenters. The van der Waals surface area contributed by atoms with Crippen LogP contribution >= 0.6 is 24.0 Å². The first-order chi connectivity index (χ1) is 7.66. The lowest BCUT2D eigenvalue weighted by molar-refractivity contribution is -0.117. The second-order valence-electron chi connectivity index (χ2n) is 3.76. The van der Waals surface area contributed by atoms with Crippen LogP contribution in [0.15, 0.2) is 18.2 Å². The summed E-state index contributed by atoms with van der Waals surface area (Å²) >= 11 is 5.62. The molecule has 1 aromatic rings. The zero-order chi connectivity index (χ0) is 11.5. The fourth-order valence-corrected chi connectivity index (χ4v) is 1.88. The molecule has 0 radical (unpaired) electrons. The number of halogens is 3. The number of hydrogen-bond acceptors (Lipinski definition) is 2. The van der Waals surface area contributed by atoms with E-state index in [1.807, 2.05) is 0 Å². The van der Waals surface area contributed by atoms with E-state index in [1.54, 1.807) is 6.07 Å². The van der Waals surface area contributed by atoms with Gasteiger partial charge >= 0.3 is 0 Å². The molecular formula is C11H13Cl2FN2O. The molecule has 1 fully saturated rings. The van der Waals surface area contributed by atoms with Gasteiger partial charge in [-0.25, -0.2) is 4.39 Å². The smallest absolute Gasteiger partial charge is 0.241 e. The van der Waals surface area contributed by atoms with Gasteiger partial charge in [-0.3, -0.25) is 4.79 Å². The molecule has 1 saturated heterocycles. The fraction of sp³-hybridized carbons (Fsp3) is 0.364. The summed E-state index contributed by atoms with van der Waals surface area (Å²) in [5, 5.41) is 5.91. The van der Waals surface area contributed by atoms with Crippen LogP contribution in [0.2, 0.25) is 5.02 Å². The summed E-state index contributed by atoms with van der Waals surface area (Å²) in [5.74, 6) is -0.711. The summed E-state index contributed by atoms with van der Waals surface area (Å²) in [7, 11) is 0. The molecule has 3 nitrogen and oxygen atoms in total. The molecule has 17 heavy (non-hydrogen) atoms. The summed E-state index contributed by atoms with van der Waals surface area (Å²) in [6, 6.07) is 3.97. The van der Waals surface area contributed by atoms with Crippen molar-refractivity contribution in [3.63, 3.8) is 0 Å². The van der Waals surface area contributed by atoms with E-state index in [0.717, 1.165) is 19.4 Å². The predicted molar refractivity (Wildman–Crippen MR) is 68.3 cm³/mol. The van der Waals surface area contributed by atoms with Crippen LogP contribution in [-0.4, -0.2) is 18.5 Å². The van der Waals surface area contributed by atoms with Crippen molar-refractivity contribution >= 4 is 35.6 Å². The van der Waals surface area contributed by atoms with Gasteiger partial charge in [0.2, 0.25) is 5.91 Å². The Morgan fingerprint density at radius 3 is 2.88 bits per heavy atom. The number of carbonyl (C=O) groups is 1. The lowest BCUT2D eigenvalue weighted by atomic mass is 10.2. The van der Waals surface area contributed by atoms with Gasteiger partial charge in [-0.15, -0.1) is 12.4 Å². The number of benzene rings is 1. The highest BCUT2D eigenvalue weighted by molar-refractivity contribution is 6.30. The average molecular weight is 279 g/mol. The second-order valence-corrected chi connectivity index (χ2v) is 4.20. The number of rotatable bonds is 2. The molecular weight excluding hydrogens is 266 g/mol. The summed E-state index contributed by atoms with van der Waals surface area (Å²) in [6.07, 6.45) is 1.77. The van der Waals surface area contributed by atoms with Gasteiger partial charge < -0.3 is 10.6 Å². The highest BCUT2D eigenvalue weighted by atomic mass is 35.5. The molecule has 1 amide bonds. The van der Waals surface area contributed by atoms with Crippen LogP contribution in [0.4, 0.5) is 10.1 Å². The number of hydrogen-bond donors (Lipinski definition) is 2. The maximum Gasteiger partial charge on any atom is 0.241 e. The van der Waals surface area contributed by atoms with Crippen LogP contribution in [0.5, 0.6) is 0 Å². The molecule has 6 heteroatoms. The quantitative estimate of drug-likeness (QED) is 0.873. The zero-order valence-electron chi connectivity index (χ0n) is 9.00. The molecule has 0 unspecified atom stereocenters. The van der Waals surface area contributed by atoms with Crippen LogP contribution in [0.25, 0.3) is 0 Å². The van der Waals surface area contributed by atoms with Gasteiger partial charge in [-0.05, 0) is 37.6 Å². The van der Waals surface area contributed by atoms with Crippen molar-refractivity contribution in [1.82, 2.24) is 5.32 Å². The first-order valence-electron chi connectivity index (χ1n) is 5.16. The van der Waals surface area contributed by atoms with Gasteiger partial charge in [-0.2, -0.15) is 0 Å². The van der Waals surface area contributed by atoms with E-state index < -0.39 is 5.82 Å². The molecule has 1 heterocycles. The molecule has 1 aliphatic rings. The van der Waals surface area contributed by atoms with Crippen molar-refractivity contribution in [2.45, 2.75) is 18.9 Å². The van der Waals surface area contributed by atoms with Crippen LogP contribution in [0.1, 0.15) is 12.8 Å². The Hall–Kier alpha value is -0.840. The van der Waals surface area contributed by atoms with Crippen LogP contribution < -0.4 is 10.6 Å². The van der Waals surface area contributed by atoms with Gasteiger partial charge in [-0.1, -0.05) is 11.6 Å². The Morgan fingerprint density at radius 1 is 1.53 bits per heavy atom. The second kappa shape index (κ2) is 6.19. The third kappa shape index (κ3) is 3.56. The molecule has 0 bridgehead atoms. The normalized spacial score (nSPS) is 18.6. The molecule has 0 aromatic heterocycles. The minimum atomic E-state index is -0.515. The van der Waals surface area contributed by atoms with Crippen molar-refractivity contribution in [3.8, 4) is 0 Å². The molecule has 94 valence electrons. The van der Waals surface area contributed by atoms with E-state index in [2.05, 4.69) is 10.6 Å². The third-order valence-electron chi connectivity index (χ3n) is 2.57. The van der Waals surface area contributed by atoms with Crippen molar-refractivity contribution in [1.29, 1.82) is 0 Å². The first-order valence-corrected chi connectivity index (χ1v) is 5.54. The molecule has 0 spiro atoms. The Balaban J connectivity index is 0.00000144. The Labute approximate surface area is 110 Å². The summed E-state index contributed by atoms with van der Waals surface area (Å²) in [5.41, 5.74) is 0.170. The van der Waals surface area contributed by atoms with Crippen LogP contribution in [-0.2, 0) is 4.79 Å². The Kier molecular flexibility index (Phi) is 5.18. The summed E-state index contributed by atoms with van der Waals surface area (Å²) in [4.78, 5) is 11.7. The van der Waals surface area contributed by atoms with Gasteiger partial charge in [0.1, 0.15) is 5.82 Å². The van der Waals surface area contributed by atoms with Gasteiger partial charge in [0, 0.05) is 5.02 Å². The minimum absolute atomic E-state index is 0. The van der Waals surface area contributed by atoms with Gasteiger partial charge in [0.25, 0.3) is 0 Å². The van der Waals surface area contributed by atoms with E-state index in [0.29, 0.717) is 5.02 Å². The molecule has 1 aliphatic heterocycles. The van der Waals surface area contributed by atoms with Crippen LogP contribution in [0, 0.1) is 5.82 Å². The van der Waals surface area contributed by atoms with Crippen LogP contribution in [0.3, 0.4) is 0 Å². The number of nitrogens with one attached hydrogen (secondary N) is 2. The highest BCUT2D eigenvalue weighted by Crippen LogP contribution is 2.19. The topological polar surface area (TPSA) is 41.1 Å². The lowest BCUT2D eigenvalue weighted by Crippen LogP contribution is -2.35. The molecule has 0 aliphatic carbocycles. The number of anilines is 1. The predicted octanol–water partition coefficient (Wildman–Crippen LogP) is 2.59. The maximum absolute atomic E-state index is 13.4. The third-order valence-corrected chi connectivity index (χ3v) is 2.80. The Bertz CT molecular complexity index is 408. The van der Waals surface area contributed by atoms with Crippen molar-refractivity contribution in [2.24, 2.45) is 0 Å². The highest BCUT2D eigenvalue weighted by Gasteiger charge is 2.22. The zero-order valence-corrected chi connectivity index (χ0v) is 10.6. The molecule has 1 aromatic carbocycles. The lowest BCUT2D eigenvalue weighted by Gasteiger charge is -2.11. The number of carbonyl (C=O) groups excluding carboxylic acids is 1. The average Bonchev–Trinajstić information content (AvgIpc) is 2.75. The largest absolute Gasteiger partial charge is 0.322 e. The summed E-state index contributed by atoms with van der Waals surface area (Å²) in [6.45, 7) is 0.835. The molecule has 2 N–H and O–H groups in total. The first kappa shape index (κ1) is 14.2. The van der Waals surface area contributed by atoms with E-state index in [4.69, 9.17) is 11.6 Å². The van der Waals surface area contributed by atoms with Gasteiger partial charge in [0.05, 0.1) is 11.7 Å². The van der Waals surface area contributed by atoms with Crippen molar-refractivity contribution < 1.29 is 9.18 Å². The molecule has 0 saturated carbocycles. The van der Waals surface area contributed by atoms with Crippen molar-refractivity contribution in [2.75, 3.05) is 11.9 Å². The molecule has 2 rings (SSSR count). The SMILES string of the molecule is Cl.O=C(Nc1ccc(Cl)cc1F)[C@@H]1CCCN1. The summed E-state index contributed by atoms with van der Waals surface area (Å²) < 4.78 is 13.4. The van der Waals surface area contributed by atoms with Gasteiger partial charge in [0.15, 0.2) is 0 Å². The maximum atomic E-state index is 13.4. The Morgan fingerprint density at radius 2 is 2.29 bits per heavy atom. The van der Waals surface area contributed by atoms with E-state index in [-0.39, 0.29) is 30.0 Å². The van der Waals surface area contributed by atoms with E-state index in [1.165, 1.54) is 12.1 Å². The fourth-order valence-electron chi connectivity index (χ4n) is 1.72.